The fourth-order valence-corrected chi connectivity index (χ4v) is 1.35. The maximum atomic E-state index is 11.7. The van der Waals surface area contributed by atoms with E-state index in [2.05, 4.69) is 26.1 Å². The highest BCUT2D eigenvalue weighted by Gasteiger charge is 2.14. The zero-order valence-corrected chi connectivity index (χ0v) is 10.4. The van der Waals surface area contributed by atoms with Crippen molar-refractivity contribution < 1.29 is 15.0 Å². The number of benzene rings is 1. The van der Waals surface area contributed by atoms with Gasteiger partial charge in [0.1, 0.15) is 11.5 Å². The second-order valence-electron chi connectivity index (χ2n) is 5.27. The Kier molecular flexibility index (Phi) is 3.99. The summed E-state index contributed by atoms with van der Waals surface area (Å²) in [6.45, 7) is 6.80. The molecule has 0 saturated heterocycles. The molecule has 1 aromatic rings. The van der Waals surface area contributed by atoms with E-state index in [0.29, 0.717) is 6.54 Å². The van der Waals surface area contributed by atoms with Gasteiger partial charge in [-0.15, -0.1) is 0 Å². The molecule has 3 N–H and O–H groups in total. The lowest BCUT2D eigenvalue weighted by molar-refractivity contribution is 0.0946. The molecule has 0 aromatic heterocycles. The number of amides is 1. The molecule has 0 spiro atoms. The molecule has 0 saturated carbocycles. The molecule has 0 aliphatic heterocycles. The summed E-state index contributed by atoms with van der Waals surface area (Å²) in [7, 11) is 0. The Bertz CT molecular complexity index is 408. The van der Waals surface area contributed by atoms with Crippen LogP contribution in [0.5, 0.6) is 11.5 Å². The molecule has 17 heavy (non-hydrogen) atoms. The van der Waals surface area contributed by atoms with Gasteiger partial charge in [-0.1, -0.05) is 20.8 Å². The van der Waals surface area contributed by atoms with Crippen molar-refractivity contribution in [3.63, 3.8) is 0 Å². The van der Waals surface area contributed by atoms with Gasteiger partial charge in [-0.3, -0.25) is 4.79 Å². The highest BCUT2D eigenvalue weighted by atomic mass is 16.3. The summed E-state index contributed by atoms with van der Waals surface area (Å²) < 4.78 is 0. The smallest absolute Gasteiger partial charge is 0.255 e. The van der Waals surface area contributed by atoms with E-state index in [1.165, 1.54) is 18.2 Å². The SMILES string of the molecule is CC(C)(C)CCNC(=O)c1cc(O)ccc1O. The number of aromatic hydroxyl groups is 2. The highest BCUT2D eigenvalue weighted by molar-refractivity contribution is 5.97. The van der Waals surface area contributed by atoms with E-state index < -0.39 is 0 Å². The molecule has 94 valence electrons. The lowest BCUT2D eigenvalue weighted by atomic mass is 9.92. The Morgan fingerprint density at radius 2 is 1.94 bits per heavy atom. The van der Waals surface area contributed by atoms with Crippen molar-refractivity contribution in [1.82, 2.24) is 5.32 Å². The number of carbonyl (C=O) groups is 1. The van der Waals surface area contributed by atoms with Gasteiger partial charge in [0, 0.05) is 6.54 Å². The Morgan fingerprint density at radius 1 is 1.29 bits per heavy atom. The molecule has 4 nitrogen and oxygen atoms in total. The van der Waals surface area contributed by atoms with Crippen LogP contribution in [0.1, 0.15) is 37.6 Å². The quantitative estimate of drug-likeness (QED) is 0.706. The van der Waals surface area contributed by atoms with Crippen molar-refractivity contribution in [3.8, 4) is 11.5 Å². The average molecular weight is 237 g/mol. The van der Waals surface area contributed by atoms with Gasteiger partial charge in [-0.25, -0.2) is 0 Å². The number of phenolic OH excluding ortho intramolecular Hbond substituents is 2. The predicted octanol–water partition coefficient (Wildman–Crippen LogP) is 2.26. The molecular weight excluding hydrogens is 218 g/mol. The van der Waals surface area contributed by atoms with Crippen LogP contribution in [0, 0.1) is 5.41 Å². The first kappa shape index (κ1) is 13.4. The maximum Gasteiger partial charge on any atom is 0.255 e. The van der Waals surface area contributed by atoms with Gasteiger partial charge in [0.25, 0.3) is 5.91 Å². The minimum absolute atomic E-state index is 0.0382. The van der Waals surface area contributed by atoms with Crippen LogP contribution in [0.25, 0.3) is 0 Å². The Morgan fingerprint density at radius 3 is 2.53 bits per heavy atom. The number of nitrogens with one attached hydrogen (secondary N) is 1. The molecule has 1 amide bonds. The van der Waals surface area contributed by atoms with Crippen LogP contribution in [0.2, 0.25) is 0 Å². The fraction of sp³-hybridized carbons (Fsp3) is 0.462. The van der Waals surface area contributed by atoms with Gasteiger partial charge < -0.3 is 15.5 Å². The molecule has 0 bridgehead atoms. The molecule has 0 atom stereocenters. The first-order valence-corrected chi connectivity index (χ1v) is 5.60. The Balaban J connectivity index is 2.61. The molecule has 0 aliphatic carbocycles. The fourth-order valence-electron chi connectivity index (χ4n) is 1.35. The summed E-state index contributed by atoms with van der Waals surface area (Å²) in [5, 5.41) is 21.5. The van der Waals surface area contributed by atoms with Crippen LogP contribution in [-0.4, -0.2) is 22.7 Å². The molecular formula is C13H19NO3. The van der Waals surface area contributed by atoms with E-state index >= 15 is 0 Å². The third-order valence-electron chi connectivity index (χ3n) is 2.39. The van der Waals surface area contributed by atoms with Gasteiger partial charge in [-0.05, 0) is 30.0 Å². The standard InChI is InChI=1S/C13H19NO3/c1-13(2,3)6-7-14-12(17)10-8-9(15)4-5-11(10)16/h4-5,8,15-16H,6-7H2,1-3H3,(H,14,17). The molecule has 1 aromatic carbocycles. The van der Waals surface area contributed by atoms with Crippen molar-refractivity contribution in [2.45, 2.75) is 27.2 Å². The van der Waals surface area contributed by atoms with E-state index in [1.54, 1.807) is 0 Å². The minimum Gasteiger partial charge on any atom is -0.508 e. The van der Waals surface area contributed by atoms with Crippen LogP contribution >= 0.6 is 0 Å². The average Bonchev–Trinajstić information content (AvgIpc) is 2.19. The van der Waals surface area contributed by atoms with Crippen LogP contribution < -0.4 is 5.32 Å². The lowest BCUT2D eigenvalue weighted by Crippen LogP contribution is -2.27. The predicted molar refractivity (Wildman–Crippen MR) is 66.2 cm³/mol. The number of phenols is 2. The third-order valence-corrected chi connectivity index (χ3v) is 2.39. The summed E-state index contributed by atoms with van der Waals surface area (Å²) in [5.41, 5.74) is 0.243. The first-order chi connectivity index (χ1) is 7.79. The van der Waals surface area contributed by atoms with Crippen molar-refractivity contribution in [2.24, 2.45) is 5.41 Å². The lowest BCUT2D eigenvalue weighted by Gasteiger charge is -2.18. The molecule has 0 radical (unpaired) electrons. The molecule has 4 heteroatoms. The van der Waals surface area contributed by atoms with Crippen molar-refractivity contribution >= 4 is 5.91 Å². The van der Waals surface area contributed by atoms with E-state index in [0.717, 1.165) is 6.42 Å². The molecule has 1 rings (SSSR count). The van der Waals surface area contributed by atoms with Crippen LogP contribution in [-0.2, 0) is 0 Å². The van der Waals surface area contributed by atoms with Crippen molar-refractivity contribution in [3.05, 3.63) is 23.8 Å². The zero-order valence-electron chi connectivity index (χ0n) is 10.4. The largest absolute Gasteiger partial charge is 0.508 e. The van der Waals surface area contributed by atoms with Gasteiger partial charge >= 0.3 is 0 Å². The Labute approximate surface area is 101 Å². The summed E-state index contributed by atoms with van der Waals surface area (Å²) in [5.74, 6) is -0.539. The van der Waals surface area contributed by atoms with Gasteiger partial charge in [0.05, 0.1) is 5.56 Å². The Hall–Kier alpha value is -1.71. The summed E-state index contributed by atoms with van der Waals surface area (Å²) in [4.78, 5) is 11.7. The van der Waals surface area contributed by atoms with E-state index in [1.807, 2.05) is 0 Å². The topological polar surface area (TPSA) is 69.6 Å². The number of carbonyl (C=O) groups excluding carboxylic acids is 1. The minimum atomic E-state index is -0.373. The summed E-state index contributed by atoms with van der Waals surface area (Å²) >= 11 is 0. The molecule has 0 fully saturated rings. The normalized spacial score (nSPS) is 11.2. The number of hydrogen-bond donors (Lipinski definition) is 3. The number of hydrogen-bond acceptors (Lipinski definition) is 3. The van der Waals surface area contributed by atoms with Gasteiger partial charge in [0.2, 0.25) is 0 Å². The van der Waals surface area contributed by atoms with E-state index in [4.69, 9.17) is 0 Å². The second-order valence-corrected chi connectivity index (χ2v) is 5.27. The molecule has 0 heterocycles. The summed E-state index contributed by atoms with van der Waals surface area (Å²) in [6.07, 6.45) is 0.846. The van der Waals surface area contributed by atoms with Gasteiger partial charge in [0.15, 0.2) is 0 Å². The van der Waals surface area contributed by atoms with E-state index in [-0.39, 0.29) is 28.4 Å². The van der Waals surface area contributed by atoms with Crippen molar-refractivity contribution in [2.75, 3.05) is 6.54 Å². The third kappa shape index (κ3) is 4.34. The van der Waals surface area contributed by atoms with Crippen molar-refractivity contribution in [1.29, 1.82) is 0 Å². The highest BCUT2D eigenvalue weighted by Crippen LogP contribution is 2.22. The second kappa shape index (κ2) is 5.08. The monoisotopic (exact) mass is 237 g/mol. The molecule has 0 unspecified atom stereocenters. The zero-order chi connectivity index (χ0) is 13.1. The molecule has 0 aliphatic rings. The van der Waals surface area contributed by atoms with E-state index in [9.17, 15) is 15.0 Å². The maximum absolute atomic E-state index is 11.7. The van der Waals surface area contributed by atoms with Crippen LogP contribution in [0.15, 0.2) is 18.2 Å². The first-order valence-electron chi connectivity index (χ1n) is 5.60. The summed E-state index contributed by atoms with van der Waals surface area (Å²) in [6, 6.07) is 3.89. The number of rotatable bonds is 3. The van der Waals surface area contributed by atoms with Crippen LogP contribution in [0.3, 0.4) is 0 Å². The van der Waals surface area contributed by atoms with Gasteiger partial charge in [-0.2, -0.15) is 0 Å². The van der Waals surface area contributed by atoms with Crippen LogP contribution in [0.4, 0.5) is 0 Å².